The molecule has 0 aliphatic heterocycles. The molecule has 4 amide bonds. The number of guanidine groups is 1. The van der Waals surface area contributed by atoms with Crippen LogP contribution in [0.25, 0.3) is 0 Å². The summed E-state index contributed by atoms with van der Waals surface area (Å²) in [6, 6.07) is -4.49. The molecular formula is C23H46N10O6. The molecule has 0 saturated carbocycles. The summed E-state index contributed by atoms with van der Waals surface area (Å²) in [5.74, 6) is -4.16. The van der Waals surface area contributed by atoms with Gasteiger partial charge in [0.2, 0.25) is 23.6 Å². The third-order valence-electron chi connectivity index (χ3n) is 5.76. The van der Waals surface area contributed by atoms with Crippen molar-refractivity contribution in [3.8, 4) is 0 Å². The maximum absolute atomic E-state index is 13.1. The maximum atomic E-state index is 13.1. The van der Waals surface area contributed by atoms with Gasteiger partial charge < -0.3 is 55.5 Å². The second kappa shape index (κ2) is 20.5. The van der Waals surface area contributed by atoms with Crippen LogP contribution in [-0.2, 0) is 24.0 Å². The third-order valence-corrected chi connectivity index (χ3v) is 5.76. The van der Waals surface area contributed by atoms with Gasteiger partial charge in [-0.05, 0) is 64.5 Å². The zero-order valence-corrected chi connectivity index (χ0v) is 22.4. The van der Waals surface area contributed by atoms with Crippen LogP contribution in [0.4, 0.5) is 0 Å². The molecule has 0 aromatic heterocycles. The van der Waals surface area contributed by atoms with E-state index in [-0.39, 0.29) is 44.6 Å². The van der Waals surface area contributed by atoms with Crippen LogP contribution in [0.5, 0.6) is 0 Å². The number of carboxylic acid groups (broad SMARTS) is 1. The number of nitrogens with one attached hydrogen (secondary N) is 3. The summed E-state index contributed by atoms with van der Waals surface area (Å²) >= 11 is 0. The molecule has 0 aromatic rings. The Balaban J connectivity index is 5.52. The minimum atomic E-state index is -1.27. The van der Waals surface area contributed by atoms with Crippen molar-refractivity contribution in [1.29, 1.82) is 0 Å². The number of carboxylic acids is 1. The average molecular weight is 559 g/mol. The molecule has 0 aliphatic rings. The Kier molecular flexibility index (Phi) is 18.6. The molecule has 4 unspecified atom stereocenters. The molecule has 0 aliphatic carbocycles. The number of primary amides is 1. The molecule has 0 spiro atoms. The molecule has 0 bridgehead atoms. The van der Waals surface area contributed by atoms with Crippen molar-refractivity contribution in [2.45, 2.75) is 88.4 Å². The van der Waals surface area contributed by atoms with Crippen LogP contribution >= 0.6 is 0 Å². The number of aliphatic imine (C=N–C) groups is 1. The molecule has 16 nitrogen and oxygen atoms in total. The van der Waals surface area contributed by atoms with Crippen LogP contribution in [-0.4, -0.2) is 84.5 Å². The predicted molar refractivity (Wildman–Crippen MR) is 146 cm³/mol. The Morgan fingerprint density at radius 1 is 0.667 bits per heavy atom. The first-order valence-corrected chi connectivity index (χ1v) is 13.1. The van der Waals surface area contributed by atoms with Crippen LogP contribution in [0.15, 0.2) is 4.99 Å². The molecule has 0 rings (SSSR count). The summed E-state index contributed by atoms with van der Waals surface area (Å²) in [5, 5.41) is 17.0. The number of amides is 4. The van der Waals surface area contributed by atoms with Gasteiger partial charge in [-0.25, -0.2) is 4.79 Å². The first-order valence-electron chi connectivity index (χ1n) is 13.1. The standard InChI is InChI=1S/C23H46N10O6/c24-11-3-1-6-14(26)19(35)31-16(9-10-18(27)34)21(37)32-15(7-2-4-12-25)20(36)33-17(22(38)39)8-5-13-30-23(28)29/h14-17H,1-13,24-26H2,(H2,27,34)(H,31,35)(H,32,37)(H,33,36)(H,38,39)(H4,28,29,30). The van der Waals surface area contributed by atoms with Gasteiger partial charge in [0, 0.05) is 13.0 Å². The van der Waals surface area contributed by atoms with E-state index in [2.05, 4.69) is 20.9 Å². The van der Waals surface area contributed by atoms with Crippen molar-refractivity contribution < 1.29 is 29.1 Å². The third kappa shape index (κ3) is 16.9. The van der Waals surface area contributed by atoms with Crippen LogP contribution in [0.3, 0.4) is 0 Å². The van der Waals surface area contributed by atoms with E-state index in [0.717, 1.165) is 0 Å². The lowest BCUT2D eigenvalue weighted by atomic mass is 10.0. The SMILES string of the molecule is NCCCCC(N)C(=O)NC(CCC(N)=O)C(=O)NC(CCCCN)C(=O)NC(CCCN=C(N)N)C(=O)O. The summed E-state index contributed by atoms with van der Waals surface area (Å²) in [6.45, 7) is 0.975. The van der Waals surface area contributed by atoms with E-state index in [9.17, 15) is 29.1 Å². The molecule has 0 radical (unpaired) electrons. The Morgan fingerprint density at radius 3 is 1.67 bits per heavy atom. The molecule has 0 heterocycles. The zero-order valence-electron chi connectivity index (χ0n) is 22.4. The lowest BCUT2D eigenvalue weighted by molar-refractivity contribution is -0.142. The van der Waals surface area contributed by atoms with E-state index in [0.29, 0.717) is 45.2 Å². The van der Waals surface area contributed by atoms with E-state index >= 15 is 0 Å². The Morgan fingerprint density at radius 2 is 1.15 bits per heavy atom. The molecule has 0 aromatic carbocycles. The van der Waals surface area contributed by atoms with E-state index in [4.69, 9.17) is 34.4 Å². The highest BCUT2D eigenvalue weighted by Gasteiger charge is 2.30. The van der Waals surface area contributed by atoms with Gasteiger partial charge in [0.25, 0.3) is 0 Å². The Bertz CT molecular complexity index is 821. The number of carbonyl (C=O) groups excluding carboxylic acids is 4. The molecule has 16 N–H and O–H groups in total. The summed E-state index contributed by atoms with van der Waals surface area (Å²) in [7, 11) is 0. The predicted octanol–water partition coefficient (Wildman–Crippen LogP) is -3.57. The number of carbonyl (C=O) groups is 5. The van der Waals surface area contributed by atoms with Gasteiger partial charge in [0.15, 0.2) is 5.96 Å². The summed E-state index contributed by atoms with van der Waals surface area (Å²) in [5.41, 5.74) is 32.6. The van der Waals surface area contributed by atoms with Gasteiger partial charge in [-0.1, -0.05) is 6.42 Å². The zero-order chi connectivity index (χ0) is 29.8. The van der Waals surface area contributed by atoms with Crippen molar-refractivity contribution in [3.05, 3.63) is 0 Å². The highest BCUT2D eigenvalue weighted by Crippen LogP contribution is 2.07. The monoisotopic (exact) mass is 558 g/mol. The normalized spacial score (nSPS) is 13.8. The summed E-state index contributed by atoms with van der Waals surface area (Å²) in [4.78, 5) is 65.5. The molecule has 0 fully saturated rings. The van der Waals surface area contributed by atoms with Gasteiger partial charge in [0.05, 0.1) is 6.04 Å². The second-order valence-electron chi connectivity index (χ2n) is 9.15. The summed E-state index contributed by atoms with van der Waals surface area (Å²) < 4.78 is 0. The molecule has 224 valence electrons. The number of nitrogens with two attached hydrogens (primary N) is 6. The molecule has 4 atom stereocenters. The largest absolute Gasteiger partial charge is 0.480 e. The van der Waals surface area contributed by atoms with E-state index in [1.54, 1.807) is 0 Å². The molecule has 39 heavy (non-hydrogen) atoms. The topological polar surface area (TPSA) is 310 Å². The van der Waals surface area contributed by atoms with E-state index in [1.165, 1.54) is 0 Å². The van der Waals surface area contributed by atoms with Gasteiger partial charge in [0.1, 0.15) is 18.1 Å². The van der Waals surface area contributed by atoms with Gasteiger partial charge in [-0.3, -0.25) is 24.2 Å². The molecular weight excluding hydrogens is 512 g/mol. The fourth-order valence-corrected chi connectivity index (χ4v) is 3.54. The second-order valence-corrected chi connectivity index (χ2v) is 9.15. The summed E-state index contributed by atoms with van der Waals surface area (Å²) in [6.07, 6.45) is 2.81. The van der Waals surface area contributed by atoms with Crippen LogP contribution in [0.2, 0.25) is 0 Å². The maximum Gasteiger partial charge on any atom is 0.326 e. The van der Waals surface area contributed by atoms with E-state index in [1.807, 2.05) is 0 Å². The van der Waals surface area contributed by atoms with Crippen LogP contribution in [0.1, 0.15) is 64.2 Å². The number of aliphatic carboxylic acids is 1. The minimum Gasteiger partial charge on any atom is -0.480 e. The minimum absolute atomic E-state index is 0.0423. The lowest BCUT2D eigenvalue weighted by Gasteiger charge is -2.25. The number of rotatable bonds is 22. The first-order chi connectivity index (χ1) is 18.4. The highest BCUT2D eigenvalue weighted by atomic mass is 16.4. The fraction of sp³-hybridized carbons (Fsp3) is 0.739. The smallest absolute Gasteiger partial charge is 0.326 e. The highest BCUT2D eigenvalue weighted by molar-refractivity contribution is 5.94. The quantitative estimate of drug-likeness (QED) is 0.0352. The van der Waals surface area contributed by atoms with Crippen molar-refractivity contribution in [3.63, 3.8) is 0 Å². The molecule has 16 heteroatoms. The number of unbranched alkanes of at least 4 members (excludes halogenated alkanes) is 2. The van der Waals surface area contributed by atoms with Crippen molar-refractivity contribution in [1.82, 2.24) is 16.0 Å². The van der Waals surface area contributed by atoms with Crippen LogP contribution < -0.4 is 50.4 Å². The van der Waals surface area contributed by atoms with Gasteiger partial charge >= 0.3 is 5.97 Å². The first kappa shape index (κ1) is 35.5. The number of hydrogen-bond donors (Lipinski definition) is 10. The average Bonchev–Trinajstić information content (AvgIpc) is 2.86. The van der Waals surface area contributed by atoms with E-state index < -0.39 is 53.8 Å². The van der Waals surface area contributed by atoms with Crippen LogP contribution in [0, 0.1) is 0 Å². The van der Waals surface area contributed by atoms with Crippen molar-refractivity contribution in [2.75, 3.05) is 19.6 Å². The van der Waals surface area contributed by atoms with Crippen molar-refractivity contribution in [2.24, 2.45) is 39.4 Å². The fourth-order valence-electron chi connectivity index (χ4n) is 3.54. The lowest BCUT2D eigenvalue weighted by Crippen LogP contribution is -2.57. The molecule has 0 saturated heterocycles. The Labute approximate surface area is 228 Å². The Hall–Kier alpha value is -3.50. The van der Waals surface area contributed by atoms with Gasteiger partial charge in [-0.15, -0.1) is 0 Å². The van der Waals surface area contributed by atoms with Crippen molar-refractivity contribution >= 4 is 35.6 Å². The number of hydrogen-bond acceptors (Lipinski definition) is 9. The number of nitrogens with zero attached hydrogens (tertiary/aromatic N) is 1. The van der Waals surface area contributed by atoms with Gasteiger partial charge in [-0.2, -0.15) is 0 Å².